The highest BCUT2D eigenvalue weighted by Crippen LogP contribution is 2.42. The van der Waals surface area contributed by atoms with Crippen LogP contribution in [0.15, 0.2) is 54.6 Å². The first-order chi connectivity index (χ1) is 19.8. The highest BCUT2D eigenvalue weighted by molar-refractivity contribution is 6.30. The maximum atomic E-state index is 14.7. The molecule has 5 nitrogen and oxygen atoms in total. The maximum Gasteiger partial charge on any atom is 0.431 e. The number of likely N-dealkylation sites (tertiary alicyclic amines) is 1. The van der Waals surface area contributed by atoms with Gasteiger partial charge in [-0.2, -0.15) is 13.2 Å². The first kappa shape index (κ1) is 32.1. The number of likely N-dealkylation sites (N-methyl/N-ethyl adjacent to an activating group) is 1. The smallest absolute Gasteiger partial charge is 0.340 e. The second-order valence-corrected chi connectivity index (χ2v) is 12.8. The molecule has 0 aliphatic carbocycles. The number of benzene rings is 2. The van der Waals surface area contributed by atoms with Crippen LogP contribution in [0, 0.1) is 12.3 Å². The topological polar surface area (TPSA) is 31.7 Å². The van der Waals surface area contributed by atoms with Gasteiger partial charge >= 0.3 is 6.18 Å². The molecule has 0 saturated carbocycles. The highest BCUT2D eigenvalue weighted by atomic mass is 35.5. The second-order valence-electron chi connectivity index (χ2n) is 12.4. The van der Waals surface area contributed by atoms with Gasteiger partial charge in [0.1, 0.15) is 11.4 Å². The van der Waals surface area contributed by atoms with Gasteiger partial charge in [-0.3, -0.25) is 4.79 Å². The fourth-order valence-electron chi connectivity index (χ4n) is 6.30. The Labute approximate surface area is 252 Å². The van der Waals surface area contributed by atoms with Gasteiger partial charge < -0.3 is 19.3 Å². The summed E-state index contributed by atoms with van der Waals surface area (Å²) in [6, 6.07) is 15.6. The van der Waals surface area contributed by atoms with Crippen LogP contribution in [-0.4, -0.2) is 78.5 Å². The quantitative estimate of drug-likeness (QED) is 0.231. The van der Waals surface area contributed by atoms with E-state index in [2.05, 4.69) is 30.7 Å². The molecule has 0 N–H and O–H groups in total. The van der Waals surface area contributed by atoms with E-state index in [1.807, 2.05) is 6.07 Å². The molecule has 1 aliphatic rings. The maximum absolute atomic E-state index is 14.7. The van der Waals surface area contributed by atoms with Crippen molar-refractivity contribution in [2.75, 3.05) is 53.4 Å². The van der Waals surface area contributed by atoms with Gasteiger partial charge in [-0.05, 0) is 74.1 Å². The van der Waals surface area contributed by atoms with Gasteiger partial charge in [0.05, 0.1) is 0 Å². The molecule has 9 heteroatoms. The molecule has 42 heavy (non-hydrogen) atoms. The number of carbonyl (C=O) groups is 1. The van der Waals surface area contributed by atoms with E-state index in [0.29, 0.717) is 22.7 Å². The lowest BCUT2D eigenvalue weighted by atomic mass is 9.91. The number of aromatic nitrogens is 1. The van der Waals surface area contributed by atoms with Crippen molar-refractivity contribution in [1.29, 1.82) is 0 Å². The Hall–Kier alpha value is -2.81. The van der Waals surface area contributed by atoms with E-state index in [4.69, 9.17) is 11.6 Å². The van der Waals surface area contributed by atoms with Gasteiger partial charge in [0.15, 0.2) is 0 Å². The molecular weight excluding hydrogens is 561 g/mol. The fourth-order valence-corrected chi connectivity index (χ4v) is 6.43. The molecule has 1 fully saturated rings. The number of nitrogens with zero attached hydrogens (tertiary/aromatic N) is 4. The molecule has 2 heterocycles. The second kappa shape index (κ2) is 13.2. The predicted molar refractivity (Wildman–Crippen MR) is 164 cm³/mol. The van der Waals surface area contributed by atoms with E-state index in [-0.39, 0.29) is 28.8 Å². The monoisotopic (exact) mass is 602 g/mol. The Balaban J connectivity index is 1.69. The summed E-state index contributed by atoms with van der Waals surface area (Å²) in [5, 5.41) is 0.469. The number of rotatable bonds is 11. The van der Waals surface area contributed by atoms with Crippen LogP contribution < -0.4 is 0 Å². The molecular formula is C33H42ClF3N4O. The molecule has 228 valence electrons. The average Bonchev–Trinajstić information content (AvgIpc) is 3.53. The molecule has 0 bridgehead atoms. The lowest BCUT2D eigenvalue weighted by molar-refractivity contribution is -0.143. The molecule has 0 spiro atoms. The third-order valence-corrected chi connectivity index (χ3v) is 8.25. The molecule has 3 aromatic rings. The van der Waals surface area contributed by atoms with Crippen molar-refractivity contribution in [2.24, 2.45) is 5.41 Å². The van der Waals surface area contributed by atoms with E-state index in [9.17, 15) is 18.0 Å². The van der Waals surface area contributed by atoms with Crippen LogP contribution in [0.2, 0.25) is 5.02 Å². The number of hydrogen-bond donors (Lipinski definition) is 0. The largest absolute Gasteiger partial charge is 0.431 e. The zero-order valence-electron chi connectivity index (χ0n) is 25.3. The van der Waals surface area contributed by atoms with E-state index >= 15 is 0 Å². The minimum atomic E-state index is -4.66. The molecule has 1 aromatic heterocycles. The minimum absolute atomic E-state index is 0.0263. The fraction of sp³-hybridized carbons (Fsp3) is 0.485. The van der Waals surface area contributed by atoms with Crippen molar-refractivity contribution in [3.63, 3.8) is 0 Å². The molecule has 4 rings (SSSR count). The molecule has 0 unspecified atom stereocenters. The summed E-state index contributed by atoms with van der Waals surface area (Å²) in [4.78, 5) is 20.6. The third kappa shape index (κ3) is 7.77. The van der Waals surface area contributed by atoms with Crippen molar-refractivity contribution in [3.05, 3.63) is 82.1 Å². The SMILES string of the molecule is Cc1c(-c2ccc(Cl)cc2)c(C(=O)N(C)CC(C)(C)CN(C)CCN2CCCC2)n(Cc2ccccc2)c1C(F)(F)F. The Morgan fingerprint density at radius 2 is 1.57 bits per heavy atom. The van der Waals surface area contributed by atoms with Crippen LogP contribution in [0.25, 0.3) is 11.1 Å². The van der Waals surface area contributed by atoms with Gasteiger partial charge in [-0.25, -0.2) is 0 Å². The summed E-state index contributed by atoms with van der Waals surface area (Å²) in [6.45, 7) is 10.9. The number of hydrogen-bond acceptors (Lipinski definition) is 3. The van der Waals surface area contributed by atoms with E-state index in [1.54, 1.807) is 60.5 Å². The van der Waals surface area contributed by atoms with Crippen LogP contribution in [0.4, 0.5) is 13.2 Å². The first-order valence-electron chi connectivity index (χ1n) is 14.5. The van der Waals surface area contributed by atoms with Gasteiger partial charge in [0.2, 0.25) is 0 Å². The normalized spacial score (nSPS) is 14.6. The summed E-state index contributed by atoms with van der Waals surface area (Å²) >= 11 is 6.11. The number of carbonyl (C=O) groups excluding carboxylic acids is 1. The van der Waals surface area contributed by atoms with Gasteiger partial charge in [0.25, 0.3) is 5.91 Å². The van der Waals surface area contributed by atoms with Gasteiger partial charge in [-0.1, -0.05) is 67.9 Å². The Morgan fingerprint density at radius 3 is 2.17 bits per heavy atom. The number of amides is 1. The van der Waals surface area contributed by atoms with E-state index in [0.717, 1.165) is 37.3 Å². The van der Waals surface area contributed by atoms with E-state index in [1.165, 1.54) is 19.8 Å². The zero-order chi connectivity index (χ0) is 30.7. The summed E-state index contributed by atoms with van der Waals surface area (Å²) in [5.41, 5.74) is 0.444. The number of alkyl halides is 3. The molecule has 0 radical (unpaired) electrons. The van der Waals surface area contributed by atoms with Crippen molar-refractivity contribution < 1.29 is 18.0 Å². The van der Waals surface area contributed by atoms with Gasteiger partial charge in [-0.15, -0.1) is 0 Å². The van der Waals surface area contributed by atoms with Crippen LogP contribution in [0.3, 0.4) is 0 Å². The summed E-state index contributed by atoms with van der Waals surface area (Å²) in [5.74, 6) is -0.442. The number of halogens is 4. The molecule has 0 atom stereocenters. The molecule has 1 amide bonds. The lowest BCUT2D eigenvalue weighted by Gasteiger charge is -2.35. The lowest BCUT2D eigenvalue weighted by Crippen LogP contribution is -2.44. The van der Waals surface area contributed by atoms with Crippen LogP contribution in [-0.2, 0) is 12.7 Å². The molecule has 2 aromatic carbocycles. The highest BCUT2D eigenvalue weighted by Gasteiger charge is 2.42. The van der Waals surface area contributed by atoms with Crippen molar-refractivity contribution in [3.8, 4) is 11.1 Å². The van der Waals surface area contributed by atoms with Crippen LogP contribution in [0.1, 0.15) is 54.0 Å². The van der Waals surface area contributed by atoms with Gasteiger partial charge in [0, 0.05) is 50.4 Å². The zero-order valence-corrected chi connectivity index (χ0v) is 26.0. The van der Waals surface area contributed by atoms with Crippen LogP contribution >= 0.6 is 11.6 Å². The molecule has 1 saturated heterocycles. The summed E-state index contributed by atoms with van der Waals surface area (Å²) in [7, 11) is 3.77. The average molecular weight is 603 g/mol. The Kier molecular flexibility index (Phi) is 10.1. The standard InChI is InChI=1S/C33H42ClF3N4O/c1-24-28(26-13-15-27(34)16-14-26)29(41(30(24)33(35,36)37)21-25-11-7-6-8-12-25)31(42)39(5)23-32(2,3)22-38(4)19-20-40-17-9-10-18-40/h6-8,11-16H,9-10,17-23H2,1-5H3. The molecule has 1 aliphatic heterocycles. The van der Waals surface area contributed by atoms with Crippen molar-refractivity contribution in [2.45, 2.75) is 46.3 Å². The third-order valence-electron chi connectivity index (χ3n) is 8.00. The first-order valence-corrected chi connectivity index (χ1v) is 14.9. The van der Waals surface area contributed by atoms with Crippen LogP contribution in [0.5, 0.6) is 0 Å². The predicted octanol–water partition coefficient (Wildman–Crippen LogP) is 7.31. The Morgan fingerprint density at radius 1 is 0.952 bits per heavy atom. The summed E-state index contributed by atoms with van der Waals surface area (Å²) in [6.07, 6.45) is -2.15. The summed E-state index contributed by atoms with van der Waals surface area (Å²) < 4.78 is 45.2. The van der Waals surface area contributed by atoms with E-state index < -0.39 is 17.8 Å². The Bertz CT molecular complexity index is 1350. The van der Waals surface area contributed by atoms with Crippen molar-refractivity contribution >= 4 is 17.5 Å². The van der Waals surface area contributed by atoms with Crippen molar-refractivity contribution in [1.82, 2.24) is 19.3 Å². The minimum Gasteiger partial charge on any atom is -0.340 e.